The number of anilines is 1. The largest absolute Gasteiger partial charge is 0.488 e. The summed E-state index contributed by atoms with van der Waals surface area (Å²) in [4.78, 5) is 0. The molecule has 23 heavy (non-hydrogen) atoms. The van der Waals surface area contributed by atoms with E-state index < -0.39 is 5.82 Å². The maximum Gasteiger partial charge on any atom is 0.216 e. The predicted molar refractivity (Wildman–Crippen MR) is 82.7 cm³/mol. The molecule has 1 aromatic heterocycles. The molecule has 0 saturated heterocycles. The van der Waals surface area contributed by atoms with Crippen LogP contribution in [-0.4, -0.2) is 27.2 Å². The molecule has 0 atom stereocenters. The molecule has 0 radical (unpaired) electrons. The second kappa shape index (κ2) is 6.87. The van der Waals surface area contributed by atoms with E-state index in [0.29, 0.717) is 12.3 Å². The Balaban J connectivity index is 2.23. The summed E-state index contributed by atoms with van der Waals surface area (Å²) in [6, 6.07) is 6.47. The van der Waals surface area contributed by atoms with Crippen molar-refractivity contribution in [1.82, 2.24) is 20.6 Å². The average molecular weight is 316 g/mol. The first-order valence-electron chi connectivity index (χ1n) is 6.92. The van der Waals surface area contributed by atoms with E-state index in [1.54, 1.807) is 12.1 Å². The molecular formula is C15H17FN6O. The van der Waals surface area contributed by atoms with Gasteiger partial charge in [-0.1, -0.05) is 26.8 Å². The van der Waals surface area contributed by atoms with Gasteiger partial charge in [-0.25, -0.2) is 4.39 Å². The number of nitriles is 1. The highest BCUT2D eigenvalue weighted by atomic mass is 19.1. The Morgan fingerprint density at radius 1 is 1.48 bits per heavy atom. The van der Waals surface area contributed by atoms with Crippen molar-refractivity contribution in [3.05, 3.63) is 36.0 Å². The third kappa shape index (κ3) is 4.51. The number of aromatic amines is 1. The number of tetrazole rings is 1. The predicted octanol–water partition coefficient (Wildman–Crippen LogP) is 2.74. The molecule has 8 heteroatoms. The zero-order valence-electron chi connectivity index (χ0n) is 13.1. The number of rotatable bonds is 5. The minimum Gasteiger partial charge on any atom is -0.488 e. The Morgan fingerprint density at radius 3 is 2.87 bits per heavy atom. The van der Waals surface area contributed by atoms with Crippen molar-refractivity contribution in [2.24, 2.45) is 5.41 Å². The second-order valence-electron chi connectivity index (χ2n) is 6.02. The highest BCUT2D eigenvalue weighted by molar-refractivity contribution is 5.74. The Bertz CT molecular complexity index is 727. The van der Waals surface area contributed by atoms with Crippen LogP contribution < -0.4 is 10.1 Å². The van der Waals surface area contributed by atoms with Crippen LogP contribution in [0.2, 0.25) is 0 Å². The van der Waals surface area contributed by atoms with Gasteiger partial charge in [0.1, 0.15) is 11.6 Å². The lowest BCUT2D eigenvalue weighted by Crippen LogP contribution is -2.17. The lowest BCUT2D eigenvalue weighted by molar-refractivity contribution is 0.192. The number of aromatic nitrogens is 4. The van der Waals surface area contributed by atoms with Crippen molar-refractivity contribution >= 4 is 11.3 Å². The molecule has 1 heterocycles. The zero-order valence-corrected chi connectivity index (χ0v) is 13.1. The van der Waals surface area contributed by atoms with Gasteiger partial charge in [-0.05, 0) is 22.8 Å². The molecule has 0 amide bonds. The van der Waals surface area contributed by atoms with Gasteiger partial charge in [-0.15, -0.1) is 10.2 Å². The van der Waals surface area contributed by atoms with E-state index >= 15 is 0 Å². The van der Waals surface area contributed by atoms with E-state index in [1.165, 1.54) is 12.3 Å². The third-order valence-corrected chi connectivity index (χ3v) is 2.70. The summed E-state index contributed by atoms with van der Waals surface area (Å²) in [6.07, 6.45) is 1.38. The van der Waals surface area contributed by atoms with Crippen molar-refractivity contribution in [2.75, 3.05) is 11.9 Å². The molecule has 2 rings (SSSR count). The molecular weight excluding hydrogens is 299 g/mol. The summed E-state index contributed by atoms with van der Waals surface area (Å²) in [7, 11) is 0. The number of allylic oxidation sites excluding steroid dienone is 1. The minimum atomic E-state index is -0.481. The summed E-state index contributed by atoms with van der Waals surface area (Å²) < 4.78 is 19.6. The first-order valence-corrected chi connectivity index (χ1v) is 6.92. The molecule has 0 spiro atoms. The van der Waals surface area contributed by atoms with Crippen LogP contribution in [0.5, 0.6) is 5.75 Å². The van der Waals surface area contributed by atoms with Crippen LogP contribution >= 0.6 is 0 Å². The minimum absolute atomic E-state index is 0.101. The van der Waals surface area contributed by atoms with Gasteiger partial charge in [0.05, 0.1) is 12.3 Å². The summed E-state index contributed by atoms with van der Waals surface area (Å²) in [5.41, 5.74) is 0.452. The number of H-pyrrole nitrogens is 1. The monoisotopic (exact) mass is 316 g/mol. The fraction of sp³-hybridized carbons (Fsp3) is 0.333. The van der Waals surface area contributed by atoms with Crippen molar-refractivity contribution < 1.29 is 9.13 Å². The van der Waals surface area contributed by atoms with Gasteiger partial charge in [0.15, 0.2) is 11.6 Å². The molecule has 2 aromatic rings. The van der Waals surface area contributed by atoms with Gasteiger partial charge < -0.3 is 10.1 Å². The third-order valence-electron chi connectivity index (χ3n) is 2.70. The topological polar surface area (TPSA) is 99.5 Å². The number of halogens is 1. The first kappa shape index (κ1) is 16.4. The van der Waals surface area contributed by atoms with Crippen LogP contribution in [0.3, 0.4) is 0 Å². The Labute approximate surface area is 133 Å². The molecule has 0 aliphatic rings. The Kier molecular flexibility index (Phi) is 4.91. The molecule has 0 unspecified atom stereocenters. The van der Waals surface area contributed by atoms with Crippen LogP contribution in [0, 0.1) is 22.6 Å². The molecule has 2 N–H and O–H groups in total. The van der Waals surface area contributed by atoms with Gasteiger partial charge in [-0.3, -0.25) is 0 Å². The van der Waals surface area contributed by atoms with Gasteiger partial charge in [0.25, 0.3) is 0 Å². The molecule has 0 aliphatic carbocycles. The van der Waals surface area contributed by atoms with Gasteiger partial charge in [-0.2, -0.15) is 10.5 Å². The van der Waals surface area contributed by atoms with E-state index in [2.05, 4.69) is 25.9 Å². The van der Waals surface area contributed by atoms with Crippen molar-refractivity contribution in [2.45, 2.75) is 20.8 Å². The number of hydrogen-bond acceptors (Lipinski definition) is 6. The molecule has 0 bridgehead atoms. The lowest BCUT2D eigenvalue weighted by Gasteiger charge is -2.20. The van der Waals surface area contributed by atoms with E-state index in [-0.39, 0.29) is 22.6 Å². The van der Waals surface area contributed by atoms with E-state index in [9.17, 15) is 4.39 Å². The second-order valence-corrected chi connectivity index (χ2v) is 6.02. The summed E-state index contributed by atoms with van der Waals surface area (Å²) >= 11 is 0. The molecule has 1 aromatic carbocycles. The first-order chi connectivity index (χ1) is 10.9. The maximum atomic E-state index is 14.0. The van der Waals surface area contributed by atoms with Crippen molar-refractivity contribution in [3.8, 4) is 11.8 Å². The van der Waals surface area contributed by atoms with E-state index in [4.69, 9.17) is 10.00 Å². The van der Waals surface area contributed by atoms with Crippen LogP contribution in [0.4, 0.5) is 10.1 Å². The number of benzene rings is 1. The number of nitrogens with zero attached hydrogens (tertiary/aromatic N) is 4. The zero-order chi connectivity index (χ0) is 16.9. The molecule has 0 aliphatic heterocycles. The van der Waals surface area contributed by atoms with Gasteiger partial charge in [0, 0.05) is 6.20 Å². The molecule has 0 saturated carbocycles. The highest BCUT2D eigenvalue weighted by Gasteiger charge is 2.16. The van der Waals surface area contributed by atoms with Crippen LogP contribution in [-0.2, 0) is 0 Å². The van der Waals surface area contributed by atoms with Crippen LogP contribution in [0.1, 0.15) is 26.6 Å². The molecule has 120 valence electrons. The normalized spacial score (nSPS) is 11.9. The van der Waals surface area contributed by atoms with Crippen LogP contribution in [0.15, 0.2) is 24.4 Å². The average Bonchev–Trinajstić information content (AvgIpc) is 3.00. The summed E-state index contributed by atoms with van der Waals surface area (Å²) in [5.74, 6) is -0.233. The van der Waals surface area contributed by atoms with E-state index in [1.807, 2.05) is 26.8 Å². The summed E-state index contributed by atoms with van der Waals surface area (Å²) in [6.45, 7) is 6.32. The number of para-hydroxylation sites is 1. The van der Waals surface area contributed by atoms with Crippen molar-refractivity contribution in [3.63, 3.8) is 0 Å². The lowest BCUT2D eigenvalue weighted by atomic mass is 9.99. The molecule has 0 fully saturated rings. The van der Waals surface area contributed by atoms with Crippen LogP contribution in [0.25, 0.3) is 5.57 Å². The smallest absolute Gasteiger partial charge is 0.216 e. The molecule has 7 nitrogen and oxygen atoms in total. The Morgan fingerprint density at radius 2 is 2.26 bits per heavy atom. The number of hydrogen-bond donors (Lipinski definition) is 2. The number of ether oxygens (including phenoxy) is 1. The van der Waals surface area contributed by atoms with Crippen molar-refractivity contribution in [1.29, 1.82) is 5.26 Å². The fourth-order valence-electron chi connectivity index (χ4n) is 1.63. The highest BCUT2D eigenvalue weighted by Crippen LogP contribution is 2.30. The standard InChI is InChI=1S/C15H17FN6O/c1-15(2,3)9-23-13-11(16)5-4-6-12(13)18-8-10(7-17)14-19-21-22-20-14/h4-6,8,18H,9H2,1-3H3,(H,19,20,21,22). The summed E-state index contributed by atoms with van der Waals surface area (Å²) in [5, 5.41) is 25.1. The number of nitrogens with one attached hydrogen (secondary N) is 2. The van der Waals surface area contributed by atoms with Gasteiger partial charge >= 0.3 is 0 Å². The quantitative estimate of drug-likeness (QED) is 0.823. The Hall–Kier alpha value is -2.95. The van der Waals surface area contributed by atoms with Gasteiger partial charge in [0.2, 0.25) is 5.82 Å². The fourth-order valence-corrected chi connectivity index (χ4v) is 1.63. The maximum absolute atomic E-state index is 14.0. The van der Waals surface area contributed by atoms with E-state index in [0.717, 1.165) is 0 Å². The SMILES string of the molecule is CC(C)(C)COc1c(F)cccc1NC=C(C#N)c1nn[nH]n1.